The number of aromatic nitrogens is 1. The van der Waals surface area contributed by atoms with Crippen molar-refractivity contribution in [3.8, 4) is 29.0 Å². The lowest BCUT2D eigenvalue weighted by Crippen LogP contribution is -2.00. The smallest absolute Gasteiger partial charge is 0.101 e. The third-order valence-electron chi connectivity index (χ3n) is 5.26. The average Bonchev–Trinajstić information content (AvgIpc) is 3.13. The predicted octanol–water partition coefficient (Wildman–Crippen LogP) is 6.19. The highest BCUT2D eigenvalue weighted by atomic mass is 15.0. The van der Waals surface area contributed by atoms with E-state index < -0.39 is 0 Å². The number of nitriles is 2. The Balaban J connectivity index is 1.95. The summed E-state index contributed by atoms with van der Waals surface area (Å²) in [5, 5.41) is 21.5. The van der Waals surface area contributed by atoms with Crippen LogP contribution in [0.3, 0.4) is 0 Å². The number of nitrogens with zero attached hydrogens (tertiary/aromatic N) is 3. The largest absolute Gasteiger partial charge is 0.307 e. The Hall–Kier alpha value is -4.34. The maximum Gasteiger partial charge on any atom is 0.101 e. The molecule has 0 unspecified atom stereocenters. The topological polar surface area (TPSA) is 52.5 Å². The molecule has 134 valence electrons. The molecule has 0 spiro atoms. The van der Waals surface area contributed by atoms with Crippen LogP contribution >= 0.6 is 0 Å². The molecule has 0 aliphatic carbocycles. The van der Waals surface area contributed by atoms with Gasteiger partial charge in [0.2, 0.25) is 0 Å². The van der Waals surface area contributed by atoms with Crippen molar-refractivity contribution >= 4 is 21.8 Å². The molecule has 0 amide bonds. The van der Waals surface area contributed by atoms with Crippen molar-refractivity contribution in [3.05, 3.63) is 102 Å². The molecular weight excluding hydrogens is 354 g/mol. The summed E-state index contributed by atoms with van der Waals surface area (Å²) in [6.07, 6.45) is 0. The summed E-state index contributed by atoms with van der Waals surface area (Å²) < 4.78 is 2.16. The minimum absolute atomic E-state index is 0.594. The van der Waals surface area contributed by atoms with Gasteiger partial charge in [-0.1, -0.05) is 60.7 Å². The quantitative estimate of drug-likeness (QED) is 0.372. The number of benzene rings is 4. The summed E-state index contributed by atoms with van der Waals surface area (Å²) in [6, 6.07) is 34.3. The van der Waals surface area contributed by atoms with E-state index in [9.17, 15) is 10.5 Å². The first-order valence-corrected chi connectivity index (χ1v) is 9.34. The number of para-hydroxylation sites is 3. The molecule has 0 saturated carbocycles. The fraction of sp³-hybridized carbons (Fsp3) is 0. The van der Waals surface area contributed by atoms with Crippen LogP contribution in [0.2, 0.25) is 0 Å². The second kappa shape index (κ2) is 6.68. The van der Waals surface area contributed by atoms with Gasteiger partial charge in [-0.3, -0.25) is 0 Å². The van der Waals surface area contributed by atoms with Crippen LogP contribution in [-0.2, 0) is 0 Å². The van der Waals surface area contributed by atoms with Gasteiger partial charge in [-0.25, -0.2) is 0 Å². The van der Waals surface area contributed by atoms with Gasteiger partial charge in [0.25, 0.3) is 0 Å². The Bertz CT molecular complexity index is 1420. The van der Waals surface area contributed by atoms with E-state index in [0.29, 0.717) is 11.1 Å². The Kier molecular flexibility index (Phi) is 3.87. The van der Waals surface area contributed by atoms with E-state index in [1.165, 1.54) is 0 Å². The zero-order valence-electron chi connectivity index (χ0n) is 15.5. The first kappa shape index (κ1) is 16.8. The standard InChI is InChI=1S/C26H15N3/c27-16-18-7-5-8-19(15-18)21-12-6-9-20(17-28)26(21)29-24-13-3-1-10-22(24)23-11-2-4-14-25(23)29/h1-15H. The van der Waals surface area contributed by atoms with Gasteiger partial charge in [0.05, 0.1) is 33.9 Å². The van der Waals surface area contributed by atoms with E-state index in [1.54, 1.807) is 6.07 Å². The average molecular weight is 369 g/mol. The van der Waals surface area contributed by atoms with Crippen molar-refractivity contribution in [3.63, 3.8) is 0 Å². The lowest BCUT2D eigenvalue weighted by Gasteiger charge is -2.16. The lowest BCUT2D eigenvalue weighted by atomic mass is 9.98. The Morgan fingerprint density at radius 2 is 1.28 bits per heavy atom. The van der Waals surface area contributed by atoms with Crippen molar-refractivity contribution in [1.29, 1.82) is 10.5 Å². The van der Waals surface area contributed by atoms with Crippen molar-refractivity contribution in [2.24, 2.45) is 0 Å². The minimum Gasteiger partial charge on any atom is -0.307 e. The van der Waals surface area contributed by atoms with Crippen LogP contribution in [0.5, 0.6) is 0 Å². The molecule has 0 aliphatic heterocycles. The summed E-state index contributed by atoms with van der Waals surface area (Å²) >= 11 is 0. The molecule has 5 aromatic rings. The van der Waals surface area contributed by atoms with E-state index in [0.717, 1.165) is 38.6 Å². The van der Waals surface area contributed by atoms with Crippen LogP contribution in [0, 0.1) is 22.7 Å². The first-order valence-electron chi connectivity index (χ1n) is 9.34. The van der Waals surface area contributed by atoms with Gasteiger partial charge in [-0.15, -0.1) is 0 Å². The fourth-order valence-electron chi connectivity index (χ4n) is 4.03. The highest BCUT2D eigenvalue weighted by molar-refractivity contribution is 6.10. The second-order valence-corrected chi connectivity index (χ2v) is 6.88. The normalized spacial score (nSPS) is 10.7. The van der Waals surface area contributed by atoms with E-state index in [4.69, 9.17) is 0 Å². The molecule has 1 aromatic heterocycles. The van der Waals surface area contributed by atoms with Crippen LogP contribution in [0.1, 0.15) is 11.1 Å². The molecule has 0 fully saturated rings. The van der Waals surface area contributed by atoms with Gasteiger partial charge in [-0.05, 0) is 35.9 Å². The Labute approximate surface area is 168 Å². The fourth-order valence-corrected chi connectivity index (χ4v) is 4.03. The summed E-state index contributed by atoms with van der Waals surface area (Å²) in [4.78, 5) is 0. The summed E-state index contributed by atoms with van der Waals surface area (Å²) in [5.41, 5.74) is 5.96. The first-order chi connectivity index (χ1) is 14.3. The Morgan fingerprint density at radius 1 is 0.621 bits per heavy atom. The van der Waals surface area contributed by atoms with Crippen molar-refractivity contribution in [1.82, 2.24) is 4.57 Å². The molecule has 1 heterocycles. The maximum absolute atomic E-state index is 9.92. The molecule has 5 rings (SSSR count). The number of rotatable bonds is 2. The minimum atomic E-state index is 0.594. The zero-order valence-corrected chi connectivity index (χ0v) is 15.5. The summed E-state index contributed by atoms with van der Waals surface area (Å²) in [7, 11) is 0. The van der Waals surface area contributed by atoms with Gasteiger partial charge < -0.3 is 4.57 Å². The van der Waals surface area contributed by atoms with E-state index in [1.807, 2.05) is 60.7 Å². The third-order valence-corrected chi connectivity index (χ3v) is 5.26. The van der Waals surface area contributed by atoms with E-state index in [2.05, 4.69) is 41.0 Å². The monoisotopic (exact) mass is 369 g/mol. The van der Waals surface area contributed by atoms with Crippen molar-refractivity contribution < 1.29 is 0 Å². The number of fused-ring (bicyclic) bond motifs is 3. The number of hydrogen-bond acceptors (Lipinski definition) is 2. The lowest BCUT2D eigenvalue weighted by molar-refractivity contribution is 1.17. The SMILES string of the molecule is N#Cc1cccc(-c2cccc(C#N)c2-n2c3ccccc3c3ccccc32)c1. The molecular formula is C26H15N3. The van der Waals surface area contributed by atoms with E-state index >= 15 is 0 Å². The van der Waals surface area contributed by atoms with Gasteiger partial charge in [-0.2, -0.15) is 10.5 Å². The van der Waals surface area contributed by atoms with E-state index in [-0.39, 0.29) is 0 Å². The van der Waals surface area contributed by atoms with Gasteiger partial charge in [0.15, 0.2) is 0 Å². The Morgan fingerprint density at radius 3 is 1.93 bits per heavy atom. The van der Waals surface area contributed by atoms with Crippen LogP contribution in [-0.4, -0.2) is 4.57 Å². The van der Waals surface area contributed by atoms with Crippen LogP contribution in [0.15, 0.2) is 91.0 Å². The van der Waals surface area contributed by atoms with Crippen molar-refractivity contribution in [2.75, 3.05) is 0 Å². The molecule has 0 saturated heterocycles. The zero-order chi connectivity index (χ0) is 19.8. The van der Waals surface area contributed by atoms with Crippen LogP contribution in [0.25, 0.3) is 38.6 Å². The molecule has 0 bridgehead atoms. The van der Waals surface area contributed by atoms with Gasteiger partial charge >= 0.3 is 0 Å². The molecule has 3 nitrogen and oxygen atoms in total. The summed E-state index contributed by atoms with van der Waals surface area (Å²) in [6.45, 7) is 0. The summed E-state index contributed by atoms with van der Waals surface area (Å²) in [5.74, 6) is 0. The number of hydrogen-bond donors (Lipinski definition) is 0. The van der Waals surface area contributed by atoms with Crippen LogP contribution < -0.4 is 0 Å². The molecule has 0 atom stereocenters. The predicted molar refractivity (Wildman–Crippen MR) is 116 cm³/mol. The van der Waals surface area contributed by atoms with Crippen LogP contribution in [0.4, 0.5) is 0 Å². The van der Waals surface area contributed by atoms with Gasteiger partial charge in [0, 0.05) is 16.3 Å². The molecule has 29 heavy (non-hydrogen) atoms. The second-order valence-electron chi connectivity index (χ2n) is 6.88. The highest BCUT2D eigenvalue weighted by Gasteiger charge is 2.18. The molecule has 0 radical (unpaired) electrons. The molecule has 0 aliphatic rings. The molecule has 0 N–H and O–H groups in total. The third kappa shape index (κ3) is 2.57. The van der Waals surface area contributed by atoms with Gasteiger partial charge in [0.1, 0.15) is 6.07 Å². The highest BCUT2D eigenvalue weighted by Crippen LogP contribution is 2.37. The molecule has 4 aromatic carbocycles. The maximum atomic E-state index is 9.92. The molecule has 3 heteroatoms. The van der Waals surface area contributed by atoms with Crippen molar-refractivity contribution in [2.45, 2.75) is 0 Å².